The molecule has 9 heteroatoms. The smallest absolute Gasteiger partial charge is 0.233 e. The van der Waals surface area contributed by atoms with Gasteiger partial charge in [-0.1, -0.05) is 40.5 Å². The lowest BCUT2D eigenvalue weighted by Gasteiger charge is -2.34. The van der Waals surface area contributed by atoms with E-state index in [1.165, 1.54) is 9.80 Å². The average Bonchev–Trinajstić information content (AvgIpc) is 3.28. The standard InChI is InChI=1S/C32H60N2O5Si2/c1-23(2)15-17-25(5)33-29(35)21-27(31(33)37)13-11-19-40(7,8)39-41(9,10)20-12-14-28-22-30(36)34(32(28)38)26(6)18-16-24(3)4/h23-28H,11-22H2,1-10H3. The van der Waals surface area contributed by atoms with Gasteiger partial charge in [0.15, 0.2) is 16.6 Å². The number of carbonyl (C=O) groups excluding carboxylic acids is 4. The van der Waals surface area contributed by atoms with Crippen molar-refractivity contribution >= 4 is 40.3 Å². The van der Waals surface area contributed by atoms with E-state index in [4.69, 9.17) is 4.12 Å². The molecule has 0 aromatic carbocycles. The Morgan fingerprint density at radius 3 is 1.29 bits per heavy atom. The predicted octanol–water partition coefficient (Wildman–Crippen LogP) is 7.37. The minimum absolute atomic E-state index is 0.00636. The van der Waals surface area contributed by atoms with Crippen LogP contribution in [0.5, 0.6) is 0 Å². The summed E-state index contributed by atoms with van der Waals surface area (Å²) in [5.41, 5.74) is 0. The van der Waals surface area contributed by atoms with E-state index < -0.39 is 16.6 Å². The molecule has 7 nitrogen and oxygen atoms in total. The lowest BCUT2D eigenvalue weighted by molar-refractivity contribution is -0.143. The van der Waals surface area contributed by atoms with E-state index in [1.807, 2.05) is 13.8 Å². The predicted molar refractivity (Wildman–Crippen MR) is 171 cm³/mol. The molecule has 0 radical (unpaired) electrons. The molecule has 2 saturated heterocycles. The highest BCUT2D eigenvalue weighted by atomic mass is 28.4. The molecule has 0 aliphatic carbocycles. The summed E-state index contributed by atoms with van der Waals surface area (Å²) in [5, 5.41) is 0. The van der Waals surface area contributed by atoms with E-state index >= 15 is 0 Å². The fraction of sp³-hybridized carbons (Fsp3) is 0.875. The van der Waals surface area contributed by atoms with Crippen molar-refractivity contribution in [3.8, 4) is 0 Å². The van der Waals surface area contributed by atoms with Crippen LogP contribution < -0.4 is 0 Å². The van der Waals surface area contributed by atoms with Gasteiger partial charge in [0.05, 0.1) is 0 Å². The van der Waals surface area contributed by atoms with Gasteiger partial charge >= 0.3 is 0 Å². The van der Waals surface area contributed by atoms with Gasteiger partial charge in [0.25, 0.3) is 0 Å². The number of amides is 4. The zero-order valence-electron chi connectivity index (χ0n) is 27.9. The highest BCUT2D eigenvalue weighted by molar-refractivity contribution is 6.84. The third kappa shape index (κ3) is 11.0. The van der Waals surface area contributed by atoms with E-state index in [-0.39, 0.29) is 47.5 Å². The second kappa shape index (κ2) is 15.4. The minimum Gasteiger partial charge on any atom is -0.455 e. The molecule has 2 heterocycles. The van der Waals surface area contributed by atoms with E-state index in [9.17, 15) is 19.2 Å². The molecular weight excluding hydrogens is 549 g/mol. The molecule has 41 heavy (non-hydrogen) atoms. The van der Waals surface area contributed by atoms with Crippen molar-refractivity contribution in [1.82, 2.24) is 9.80 Å². The maximum absolute atomic E-state index is 13.0. The van der Waals surface area contributed by atoms with Crippen LogP contribution in [0.25, 0.3) is 0 Å². The van der Waals surface area contributed by atoms with Gasteiger partial charge in [0, 0.05) is 36.8 Å². The summed E-state index contributed by atoms with van der Waals surface area (Å²) in [6, 6.07) is 1.92. The van der Waals surface area contributed by atoms with Gasteiger partial charge < -0.3 is 4.12 Å². The molecule has 0 aromatic rings. The highest BCUT2D eigenvalue weighted by Crippen LogP contribution is 2.32. The molecule has 4 amide bonds. The lowest BCUT2D eigenvalue weighted by atomic mass is 10.0. The van der Waals surface area contributed by atoms with Crippen molar-refractivity contribution in [3.63, 3.8) is 0 Å². The summed E-state index contributed by atoms with van der Waals surface area (Å²) >= 11 is 0. The van der Waals surface area contributed by atoms with Crippen molar-refractivity contribution in [2.45, 2.75) is 156 Å². The molecule has 0 saturated carbocycles. The van der Waals surface area contributed by atoms with Crippen molar-refractivity contribution in [1.29, 1.82) is 0 Å². The van der Waals surface area contributed by atoms with Gasteiger partial charge in [-0.15, -0.1) is 0 Å². The summed E-state index contributed by atoms with van der Waals surface area (Å²) in [4.78, 5) is 54.4. The normalized spacial score (nSPS) is 22.1. The van der Waals surface area contributed by atoms with Crippen LogP contribution in [-0.4, -0.2) is 62.1 Å². The molecule has 4 unspecified atom stereocenters. The topological polar surface area (TPSA) is 84.0 Å². The maximum Gasteiger partial charge on any atom is 0.233 e. The molecule has 2 fully saturated rings. The molecule has 2 aliphatic rings. The monoisotopic (exact) mass is 608 g/mol. The fourth-order valence-electron chi connectivity index (χ4n) is 6.61. The minimum atomic E-state index is -1.94. The summed E-state index contributed by atoms with van der Waals surface area (Å²) < 4.78 is 6.83. The second-order valence-corrected chi connectivity index (χ2v) is 23.9. The number of likely N-dealkylation sites (tertiary alicyclic amines) is 2. The average molecular weight is 609 g/mol. The maximum atomic E-state index is 13.0. The fourth-order valence-corrected chi connectivity index (χ4v) is 15.5. The van der Waals surface area contributed by atoms with Crippen LogP contribution in [0.4, 0.5) is 0 Å². The number of hydrogen-bond acceptors (Lipinski definition) is 5. The summed E-state index contributed by atoms with van der Waals surface area (Å²) in [7, 11) is -3.88. The van der Waals surface area contributed by atoms with Crippen LogP contribution in [0.1, 0.15) is 106 Å². The van der Waals surface area contributed by atoms with Crippen molar-refractivity contribution in [2.24, 2.45) is 23.7 Å². The van der Waals surface area contributed by atoms with Gasteiger partial charge in [-0.3, -0.25) is 29.0 Å². The molecule has 2 aliphatic heterocycles. The van der Waals surface area contributed by atoms with Gasteiger partial charge in [0.1, 0.15) is 0 Å². The Labute approximate surface area is 252 Å². The first kappa shape index (κ1) is 35.9. The largest absolute Gasteiger partial charge is 0.455 e. The Balaban J connectivity index is 1.77. The van der Waals surface area contributed by atoms with Crippen molar-refractivity contribution < 1.29 is 23.3 Å². The molecule has 4 atom stereocenters. The quantitative estimate of drug-likeness (QED) is 0.120. The Kier molecular flexibility index (Phi) is 13.5. The number of carbonyl (C=O) groups is 4. The molecule has 0 spiro atoms. The van der Waals surface area contributed by atoms with E-state index in [2.05, 4.69) is 53.9 Å². The van der Waals surface area contributed by atoms with Gasteiger partial charge in [-0.05, 0) is 102 Å². The highest BCUT2D eigenvalue weighted by Gasteiger charge is 2.42. The van der Waals surface area contributed by atoms with Gasteiger partial charge in [-0.25, -0.2) is 0 Å². The Bertz CT molecular complexity index is 848. The van der Waals surface area contributed by atoms with Crippen LogP contribution in [0.3, 0.4) is 0 Å². The first-order valence-corrected chi connectivity index (χ1v) is 22.6. The zero-order valence-corrected chi connectivity index (χ0v) is 29.9. The molecule has 0 aromatic heterocycles. The molecule has 2 rings (SSSR count). The van der Waals surface area contributed by atoms with E-state index in [1.54, 1.807) is 0 Å². The first-order valence-electron chi connectivity index (χ1n) is 16.4. The Morgan fingerprint density at radius 1 is 0.634 bits per heavy atom. The molecule has 0 N–H and O–H groups in total. The first-order chi connectivity index (χ1) is 18.9. The number of nitrogens with zero attached hydrogens (tertiary/aromatic N) is 2. The van der Waals surface area contributed by atoms with E-state index in [0.717, 1.165) is 63.5 Å². The zero-order chi connectivity index (χ0) is 31.1. The van der Waals surface area contributed by atoms with Crippen LogP contribution >= 0.6 is 0 Å². The van der Waals surface area contributed by atoms with Gasteiger partial charge in [0.2, 0.25) is 23.6 Å². The van der Waals surface area contributed by atoms with Crippen molar-refractivity contribution in [2.75, 3.05) is 0 Å². The second-order valence-electron chi connectivity index (χ2n) is 15.1. The Morgan fingerprint density at radius 2 is 0.976 bits per heavy atom. The number of hydrogen-bond donors (Lipinski definition) is 0. The van der Waals surface area contributed by atoms with Crippen LogP contribution in [0, 0.1) is 23.7 Å². The number of imide groups is 2. The van der Waals surface area contributed by atoms with Crippen LogP contribution in [-0.2, 0) is 23.3 Å². The van der Waals surface area contributed by atoms with Gasteiger partial charge in [-0.2, -0.15) is 0 Å². The van der Waals surface area contributed by atoms with Crippen LogP contribution in [0.2, 0.25) is 38.3 Å². The van der Waals surface area contributed by atoms with E-state index in [0.29, 0.717) is 24.7 Å². The summed E-state index contributed by atoms with van der Waals surface area (Å²) in [6.07, 6.45) is 7.81. The molecular formula is C32H60N2O5Si2. The lowest BCUT2D eigenvalue weighted by Crippen LogP contribution is -2.44. The third-order valence-electron chi connectivity index (χ3n) is 8.97. The number of rotatable bonds is 18. The Hall–Kier alpha value is -1.33. The van der Waals surface area contributed by atoms with Crippen molar-refractivity contribution in [3.05, 3.63) is 0 Å². The van der Waals surface area contributed by atoms with Crippen LogP contribution in [0.15, 0.2) is 0 Å². The molecule has 0 bridgehead atoms. The molecule has 236 valence electrons. The summed E-state index contributed by atoms with van der Waals surface area (Å²) in [6.45, 7) is 21.7. The SMILES string of the molecule is CC(C)CCC(C)N1C(=O)CC(CCC[Si](C)(C)O[Si](C)(C)CCCC2CC(=O)N(C(C)CCC(C)C)C2=O)C1=O. The summed E-state index contributed by atoms with van der Waals surface area (Å²) in [5.74, 6) is 0.796. The third-order valence-corrected chi connectivity index (χ3v) is 16.5.